The van der Waals surface area contributed by atoms with Crippen molar-refractivity contribution >= 4 is 5.91 Å². The second-order valence-electron chi connectivity index (χ2n) is 8.72. The molecule has 1 aliphatic carbocycles. The van der Waals surface area contributed by atoms with E-state index in [4.69, 9.17) is 0 Å². The van der Waals surface area contributed by atoms with Crippen LogP contribution in [-0.4, -0.2) is 41.5 Å². The molecule has 0 aliphatic heterocycles. The van der Waals surface area contributed by atoms with Gasteiger partial charge in [0.1, 0.15) is 0 Å². The van der Waals surface area contributed by atoms with E-state index in [1.807, 2.05) is 61.0 Å². The molecule has 1 aromatic carbocycles. The highest BCUT2D eigenvalue weighted by atomic mass is 16.1. The molecule has 0 bridgehead atoms. The van der Waals surface area contributed by atoms with Crippen molar-refractivity contribution in [3.8, 4) is 33.6 Å². The summed E-state index contributed by atoms with van der Waals surface area (Å²) in [5.74, 6) is 0.560. The third kappa shape index (κ3) is 4.66. The Bertz CT molecular complexity index is 1300. The van der Waals surface area contributed by atoms with Crippen molar-refractivity contribution < 1.29 is 4.79 Å². The standard InChI is InChI=1S/C26H27N7O/c1-3-25(34)31-23-8-5-9-24(11-23)33-17-22(15-30-33)20-12-27-26(28-13-20)19-7-4-6-18(10-19)21-14-29-32(2)16-21/h3-4,6-7,10,12-17,23-24H,1,5,8-9,11H2,2H3,(H,31,34). The summed E-state index contributed by atoms with van der Waals surface area (Å²) < 4.78 is 3.80. The number of carbonyl (C=O) groups is 1. The van der Waals surface area contributed by atoms with Crippen LogP contribution in [0.5, 0.6) is 0 Å². The molecule has 1 aliphatic rings. The zero-order valence-corrected chi connectivity index (χ0v) is 19.1. The zero-order chi connectivity index (χ0) is 23.5. The van der Waals surface area contributed by atoms with Crippen LogP contribution in [0.3, 0.4) is 0 Å². The topological polar surface area (TPSA) is 90.5 Å². The molecule has 3 heterocycles. The smallest absolute Gasteiger partial charge is 0.243 e. The van der Waals surface area contributed by atoms with Crippen LogP contribution in [0.1, 0.15) is 31.7 Å². The average Bonchev–Trinajstić information content (AvgIpc) is 3.54. The van der Waals surface area contributed by atoms with E-state index < -0.39 is 0 Å². The first-order valence-corrected chi connectivity index (χ1v) is 11.5. The minimum atomic E-state index is -0.116. The van der Waals surface area contributed by atoms with Gasteiger partial charge in [-0.3, -0.25) is 14.2 Å². The number of hydrogen-bond donors (Lipinski definition) is 1. The molecule has 1 N–H and O–H groups in total. The predicted molar refractivity (Wildman–Crippen MR) is 131 cm³/mol. The van der Waals surface area contributed by atoms with Crippen LogP contribution in [0.4, 0.5) is 0 Å². The van der Waals surface area contributed by atoms with Gasteiger partial charge >= 0.3 is 0 Å². The zero-order valence-electron chi connectivity index (χ0n) is 19.1. The van der Waals surface area contributed by atoms with E-state index in [0.29, 0.717) is 5.82 Å². The Morgan fingerprint density at radius 1 is 1.00 bits per heavy atom. The number of carbonyl (C=O) groups excluding carboxylic acids is 1. The van der Waals surface area contributed by atoms with E-state index in [1.54, 1.807) is 4.68 Å². The number of aryl methyl sites for hydroxylation is 1. The summed E-state index contributed by atoms with van der Waals surface area (Å²) in [7, 11) is 1.91. The molecule has 8 nitrogen and oxygen atoms in total. The Kier molecular flexibility index (Phi) is 6.03. The fourth-order valence-corrected chi connectivity index (χ4v) is 4.52. The van der Waals surface area contributed by atoms with Gasteiger partial charge in [-0.2, -0.15) is 10.2 Å². The first kappa shape index (κ1) is 21.8. The number of hydrogen-bond acceptors (Lipinski definition) is 5. The number of aromatic nitrogens is 6. The van der Waals surface area contributed by atoms with Crippen molar-refractivity contribution in [3.63, 3.8) is 0 Å². The molecule has 3 aromatic heterocycles. The van der Waals surface area contributed by atoms with Crippen molar-refractivity contribution in [1.29, 1.82) is 0 Å². The summed E-state index contributed by atoms with van der Waals surface area (Å²) in [6.45, 7) is 3.54. The van der Waals surface area contributed by atoms with Crippen LogP contribution >= 0.6 is 0 Å². The predicted octanol–water partition coefficient (Wildman–Crippen LogP) is 4.19. The van der Waals surface area contributed by atoms with Crippen LogP contribution < -0.4 is 5.32 Å². The Morgan fingerprint density at radius 2 is 1.76 bits per heavy atom. The number of nitrogens with one attached hydrogen (secondary N) is 1. The highest BCUT2D eigenvalue weighted by Gasteiger charge is 2.24. The molecule has 1 amide bonds. The maximum absolute atomic E-state index is 11.7. The number of benzene rings is 1. The van der Waals surface area contributed by atoms with Gasteiger partial charge in [0.25, 0.3) is 0 Å². The summed E-state index contributed by atoms with van der Waals surface area (Å²) in [5, 5.41) is 11.9. The molecule has 172 valence electrons. The molecule has 1 fully saturated rings. The summed E-state index contributed by atoms with van der Waals surface area (Å²) in [6.07, 6.45) is 16.7. The lowest BCUT2D eigenvalue weighted by Crippen LogP contribution is -2.38. The van der Waals surface area contributed by atoms with Crippen LogP contribution in [0.2, 0.25) is 0 Å². The molecule has 0 radical (unpaired) electrons. The van der Waals surface area contributed by atoms with Gasteiger partial charge in [-0.15, -0.1) is 0 Å². The second-order valence-corrected chi connectivity index (χ2v) is 8.72. The molecule has 0 spiro atoms. The molecule has 4 aromatic rings. The molecular weight excluding hydrogens is 426 g/mol. The molecular formula is C26H27N7O. The van der Waals surface area contributed by atoms with Gasteiger partial charge in [-0.25, -0.2) is 9.97 Å². The van der Waals surface area contributed by atoms with Crippen LogP contribution in [0, 0.1) is 0 Å². The molecule has 8 heteroatoms. The second kappa shape index (κ2) is 9.43. The van der Waals surface area contributed by atoms with E-state index in [9.17, 15) is 4.79 Å². The Balaban J connectivity index is 1.30. The Hall–Kier alpha value is -4.07. The third-order valence-electron chi connectivity index (χ3n) is 6.30. The van der Waals surface area contributed by atoms with Crippen molar-refractivity contribution in [3.05, 3.63) is 74.1 Å². The summed E-state index contributed by atoms with van der Waals surface area (Å²) in [4.78, 5) is 20.9. The van der Waals surface area contributed by atoms with Crippen molar-refractivity contribution in [2.75, 3.05) is 0 Å². The van der Waals surface area contributed by atoms with Crippen molar-refractivity contribution in [2.45, 2.75) is 37.8 Å². The van der Waals surface area contributed by atoms with Gasteiger partial charge in [0, 0.05) is 60.1 Å². The van der Waals surface area contributed by atoms with E-state index in [0.717, 1.165) is 53.5 Å². The number of amides is 1. The average molecular weight is 454 g/mol. The fraction of sp³-hybridized carbons (Fsp3) is 0.269. The van der Waals surface area contributed by atoms with Gasteiger partial charge in [0.2, 0.25) is 5.91 Å². The van der Waals surface area contributed by atoms with Crippen LogP contribution in [-0.2, 0) is 11.8 Å². The Morgan fingerprint density at radius 3 is 2.53 bits per heavy atom. The molecule has 1 saturated carbocycles. The summed E-state index contributed by atoms with van der Waals surface area (Å²) in [6, 6.07) is 8.57. The molecule has 2 unspecified atom stereocenters. The lowest BCUT2D eigenvalue weighted by atomic mass is 9.91. The molecule has 2 atom stereocenters. The van der Waals surface area contributed by atoms with Gasteiger partial charge < -0.3 is 5.32 Å². The van der Waals surface area contributed by atoms with Gasteiger partial charge in [-0.1, -0.05) is 24.8 Å². The van der Waals surface area contributed by atoms with E-state index in [2.05, 4.69) is 44.2 Å². The monoisotopic (exact) mass is 453 g/mol. The lowest BCUT2D eigenvalue weighted by molar-refractivity contribution is -0.117. The van der Waals surface area contributed by atoms with E-state index in [1.165, 1.54) is 6.08 Å². The largest absolute Gasteiger partial charge is 0.350 e. The lowest BCUT2D eigenvalue weighted by Gasteiger charge is -2.29. The Labute approximate surface area is 198 Å². The van der Waals surface area contributed by atoms with E-state index in [-0.39, 0.29) is 18.0 Å². The van der Waals surface area contributed by atoms with Gasteiger partial charge in [0.15, 0.2) is 5.82 Å². The maximum Gasteiger partial charge on any atom is 0.243 e. The maximum atomic E-state index is 11.7. The quantitative estimate of drug-likeness (QED) is 0.442. The molecule has 5 rings (SSSR count). The summed E-state index contributed by atoms with van der Waals surface area (Å²) >= 11 is 0. The summed E-state index contributed by atoms with van der Waals surface area (Å²) in [5.41, 5.74) is 4.99. The fourth-order valence-electron chi connectivity index (χ4n) is 4.52. The van der Waals surface area contributed by atoms with E-state index >= 15 is 0 Å². The van der Waals surface area contributed by atoms with Gasteiger partial charge in [0.05, 0.1) is 18.4 Å². The highest BCUT2D eigenvalue weighted by molar-refractivity contribution is 5.87. The minimum Gasteiger partial charge on any atom is -0.350 e. The van der Waals surface area contributed by atoms with Crippen LogP contribution in [0.15, 0.2) is 74.1 Å². The molecule has 34 heavy (non-hydrogen) atoms. The minimum absolute atomic E-state index is 0.116. The number of nitrogens with zero attached hydrogens (tertiary/aromatic N) is 6. The van der Waals surface area contributed by atoms with Gasteiger partial charge in [-0.05, 0) is 43.4 Å². The first-order valence-electron chi connectivity index (χ1n) is 11.5. The first-order chi connectivity index (χ1) is 16.6. The van der Waals surface area contributed by atoms with Crippen molar-refractivity contribution in [1.82, 2.24) is 34.8 Å². The molecule has 0 saturated heterocycles. The third-order valence-corrected chi connectivity index (χ3v) is 6.30. The van der Waals surface area contributed by atoms with Crippen molar-refractivity contribution in [2.24, 2.45) is 7.05 Å². The highest BCUT2D eigenvalue weighted by Crippen LogP contribution is 2.30. The van der Waals surface area contributed by atoms with Crippen LogP contribution in [0.25, 0.3) is 33.6 Å². The normalized spacial score (nSPS) is 17.9. The SMILES string of the molecule is C=CC(=O)NC1CCCC(n2cc(-c3cnc(-c4cccc(-c5cnn(C)c5)c4)nc3)cn2)C1. The number of rotatable bonds is 6.